The highest BCUT2D eigenvalue weighted by molar-refractivity contribution is 6.30. The predicted molar refractivity (Wildman–Crippen MR) is 86.3 cm³/mol. The fraction of sp³-hybridized carbons (Fsp3) is 0.647. The van der Waals surface area contributed by atoms with E-state index in [9.17, 15) is 5.11 Å². The number of aryl methyl sites for hydroxylation is 1. The topological polar surface area (TPSA) is 33.9 Å². The van der Waals surface area contributed by atoms with E-state index in [0.29, 0.717) is 23.7 Å². The van der Waals surface area contributed by atoms with Gasteiger partial charge < -0.3 is 14.7 Å². The van der Waals surface area contributed by atoms with Gasteiger partial charge in [-0.2, -0.15) is 0 Å². The molecule has 0 aliphatic carbocycles. The van der Waals surface area contributed by atoms with Crippen LogP contribution in [0, 0.1) is 6.92 Å². The molecular weight excluding hydrogens is 286 g/mol. The maximum absolute atomic E-state index is 10.3. The van der Waals surface area contributed by atoms with Crippen LogP contribution in [0.3, 0.4) is 0 Å². The highest BCUT2D eigenvalue weighted by Gasteiger charge is 2.30. The Morgan fingerprint density at radius 1 is 1.33 bits per heavy atom. The molecular formula is C17H27ClNO2+. The number of hydrogen-bond acceptors (Lipinski definition) is 2. The molecule has 1 aromatic rings. The smallest absolute Gasteiger partial charge is 0.137 e. The Labute approximate surface area is 132 Å². The van der Waals surface area contributed by atoms with E-state index in [1.807, 2.05) is 25.1 Å². The number of aliphatic hydroxyl groups is 1. The van der Waals surface area contributed by atoms with Gasteiger partial charge in [0.2, 0.25) is 0 Å². The molecule has 0 saturated carbocycles. The molecule has 4 heteroatoms. The number of nitrogens with one attached hydrogen (secondary N) is 1. The van der Waals surface area contributed by atoms with E-state index < -0.39 is 6.10 Å². The fourth-order valence-electron chi connectivity index (χ4n) is 3.28. The molecule has 21 heavy (non-hydrogen) atoms. The van der Waals surface area contributed by atoms with Crippen molar-refractivity contribution in [3.8, 4) is 5.75 Å². The summed E-state index contributed by atoms with van der Waals surface area (Å²) in [6.45, 7) is 7.62. The Morgan fingerprint density at radius 2 is 2.00 bits per heavy atom. The van der Waals surface area contributed by atoms with Crippen molar-refractivity contribution in [1.29, 1.82) is 0 Å². The molecule has 1 saturated heterocycles. The summed E-state index contributed by atoms with van der Waals surface area (Å²) in [4.78, 5) is 1.50. The molecule has 118 valence electrons. The molecule has 0 bridgehead atoms. The van der Waals surface area contributed by atoms with Crippen LogP contribution in [0.15, 0.2) is 18.2 Å². The zero-order valence-corrected chi connectivity index (χ0v) is 14.0. The average Bonchev–Trinajstić information content (AvgIpc) is 2.42. The summed E-state index contributed by atoms with van der Waals surface area (Å²) in [6, 6.07) is 6.81. The van der Waals surface area contributed by atoms with Crippen LogP contribution in [0.1, 0.15) is 38.7 Å². The molecule has 0 radical (unpaired) electrons. The third kappa shape index (κ3) is 4.60. The predicted octanol–water partition coefficient (Wildman–Crippen LogP) is 2.23. The third-order valence-corrected chi connectivity index (χ3v) is 4.81. The van der Waals surface area contributed by atoms with E-state index in [1.54, 1.807) is 0 Å². The normalized spacial score (nSPS) is 24.8. The summed E-state index contributed by atoms with van der Waals surface area (Å²) >= 11 is 5.93. The molecule has 1 heterocycles. The lowest BCUT2D eigenvalue weighted by atomic mass is 9.97. The van der Waals surface area contributed by atoms with Gasteiger partial charge in [0.25, 0.3) is 0 Å². The van der Waals surface area contributed by atoms with Gasteiger partial charge in [-0.05, 0) is 63.8 Å². The SMILES string of the molecule is Cc1cc(Cl)ccc1OC[C@@H](O)C[NH+]1[C@@H](C)CCC[C@@H]1C. The van der Waals surface area contributed by atoms with Crippen molar-refractivity contribution in [2.75, 3.05) is 13.2 Å². The van der Waals surface area contributed by atoms with Crippen LogP contribution in [0.2, 0.25) is 5.02 Å². The molecule has 2 N–H and O–H groups in total. The Kier molecular flexibility index (Phi) is 5.91. The van der Waals surface area contributed by atoms with E-state index in [1.165, 1.54) is 24.2 Å². The number of ether oxygens (including phenoxy) is 1. The summed E-state index contributed by atoms with van der Waals surface area (Å²) in [6.07, 6.45) is 3.38. The number of likely N-dealkylation sites (tertiary alicyclic amines) is 1. The van der Waals surface area contributed by atoms with Crippen molar-refractivity contribution in [2.45, 2.75) is 58.2 Å². The maximum Gasteiger partial charge on any atom is 0.137 e. The molecule has 0 amide bonds. The van der Waals surface area contributed by atoms with E-state index in [4.69, 9.17) is 16.3 Å². The Balaban J connectivity index is 1.85. The van der Waals surface area contributed by atoms with Crippen LogP contribution >= 0.6 is 11.6 Å². The van der Waals surface area contributed by atoms with Gasteiger partial charge in [-0.3, -0.25) is 0 Å². The minimum absolute atomic E-state index is 0.339. The van der Waals surface area contributed by atoms with E-state index in [0.717, 1.165) is 17.9 Å². The standard InChI is InChI=1S/C17H26ClNO2/c1-12-9-15(18)7-8-17(12)21-11-16(20)10-19-13(2)5-4-6-14(19)3/h7-9,13-14,16,20H,4-6,10-11H2,1-3H3/p+1/t13-,14-,16-/m0/s1. The zero-order chi connectivity index (χ0) is 15.4. The summed E-state index contributed by atoms with van der Waals surface area (Å²) < 4.78 is 5.74. The third-order valence-electron chi connectivity index (χ3n) is 4.58. The molecule has 3 atom stereocenters. The summed E-state index contributed by atoms with van der Waals surface area (Å²) in [5.74, 6) is 0.799. The first kappa shape index (κ1) is 16.6. The highest BCUT2D eigenvalue weighted by atomic mass is 35.5. The fourth-order valence-corrected chi connectivity index (χ4v) is 3.51. The number of quaternary nitrogens is 1. The number of rotatable bonds is 5. The molecule has 1 aromatic carbocycles. The van der Waals surface area contributed by atoms with Crippen molar-refractivity contribution in [3.05, 3.63) is 28.8 Å². The lowest BCUT2D eigenvalue weighted by Gasteiger charge is -2.36. The second kappa shape index (κ2) is 7.48. The van der Waals surface area contributed by atoms with Gasteiger partial charge in [0.1, 0.15) is 25.0 Å². The number of hydrogen-bond donors (Lipinski definition) is 2. The molecule has 0 aromatic heterocycles. The first-order valence-electron chi connectivity index (χ1n) is 7.90. The summed E-state index contributed by atoms with van der Waals surface area (Å²) in [7, 11) is 0. The van der Waals surface area contributed by atoms with Gasteiger partial charge in [0.05, 0.1) is 12.1 Å². The molecule has 1 fully saturated rings. The van der Waals surface area contributed by atoms with Crippen LogP contribution in [-0.4, -0.2) is 36.4 Å². The van der Waals surface area contributed by atoms with E-state index in [-0.39, 0.29) is 0 Å². The minimum Gasteiger partial charge on any atom is -0.490 e. The molecule has 1 aliphatic rings. The lowest BCUT2D eigenvalue weighted by molar-refractivity contribution is -0.954. The number of benzene rings is 1. The second-order valence-electron chi connectivity index (χ2n) is 6.39. The second-order valence-corrected chi connectivity index (χ2v) is 6.82. The number of aliphatic hydroxyl groups excluding tert-OH is 1. The summed E-state index contributed by atoms with van der Waals surface area (Å²) in [5.41, 5.74) is 1.00. The first-order chi connectivity index (χ1) is 9.97. The largest absolute Gasteiger partial charge is 0.490 e. The lowest BCUT2D eigenvalue weighted by Crippen LogP contribution is -3.20. The van der Waals surface area contributed by atoms with E-state index >= 15 is 0 Å². The van der Waals surface area contributed by atoms with Crippen LogP contribution in [0.5, 0.6) is 5.75 Å². The van der Waals surface area contributed by atoms with Crippen molar-refractivity contribution in [3.63, 3.8) is 0 Å². The van der Waals surface area contributed by atoms with Crippen LogP contribution in [0.4, 0.5) is 0 Å². The van der Waals surface area contributed by atoms with Gasteiger partial charge in [-0.25, -0.2) is 0 Å². The molecule has 3 nitrogen and oxygen atoms in total. The van der Waals surface area contributed by atoms with Gasteiger partial charge >= 0.3 is 0 Å². The van der Waals surface area contributed by atoms with Crippen LogP contribution in [0.25, 0.3) is 0 Å². The van der Waals surface area contributed by atoms with Gasteiger partial charge in [-0.1, -0.05) is 11.6 Å². The Bertz CT molecular complexity index is 456. The van der Waals surface area contributed by atoms with Gasteiger partial charge in [0.15, 0.2) is 0 Å². The molecule has 0 spiro atoms. The molecule has 1 aliphatic heterocycles. The Morgan fingerprint density at radius 3 is 2.62 bits per heavy atom. The number of piperidine rings is 1. The van der Waals surface area contributed by atoms with E-state index in [2.05, 4.69) is 13.8 Å². The quantitative estimate of drug-likeness (QED) is 0.874. The van der Waals surface area contributed by atoms with Gasteiger partial charge in [-0.15, -0.1) is 0 Å². The zero-order valence-electron chi connectivity index (χ0n) is 13.2. The van der Waals surface area contributed by atoms with Crippen LogP contribution < -0.4 is 9.64 Å². The van der Waals surface area contributed by atoms with Crippen molar-refractivity contribution >= 4 is 11.6 Å². The molecule has 2 rings (SSSR count). The number of halogens is 1. The minimum atomic E-state index is -0.432. The van der Waals surface area contributed by atoms with Crippen molar-refractivity contribution in [2.24, 2.45) is 0 Å². The van der Waals surface area contributed by atoms with Crippen LogP contribution in [-0.2, 0) is 0 Å². The maximum atomic E-state index is 10.3. The Hall–Kier alpha value is -0.770. The summed E-state index contributed by atoms with van der Waals surface area (Å²) in [5, 5.41) is 11.0. The van der Waals surface area contributed by atoms with Crippen molar-refractivity contribution in [1.82, 2.24) is 0 Å². The average molecular weight is 313 g/mol. The van der Waals surface area contributed by atoms with Gasteiger partial charge in [0, 0.05) is 5.02 Å². The van der Waals surface area contributed by atoms with Crippen molar-refractivity contribution < 1.29 is 14.7 Å². The molecule has 0 unspecified atom stereocenters. The monoisotopic (exact) mass is 312 g/mol. The highest BCUT2D eigenvalue weighted by Crippen LogP contribution is 2.21. The first-order valence-corrected chi connectivity index (χ1v) is 8.27.